The van der Waals surface area contributed by atoms with Gasteiger partial charge >= 0.3 is 0 Å². The molecule has 5 nitrogen and oxygen atoms in total. The Kier molecular flexibility index (Phi) is 9.69. The number of halogens is 1. The Morgan fingerprint density at radius 1 is 1.04 bits per heavy atom. The first-order valence-electron chi connectivity index (χ1n) is 10.4. The molecule has 1 unspecified atom stereocenters. The summed E-state index contributed by atoms with van der Waals surface area (Å²) in [5.41, 5.74) is 1.28. The molecule has 0 bridgehead atoms. The van der Waals surface area contributed by atoms with Gasteiger partial charge in [0, 0.05) is 63.5 Å². The van der Waals surface area contributed by atoms with Gasteiger partial charge in [0.1, 0.15) is 11.5 Å². The zero-order valence-electron chi connectivity index (χ0n) is 16.9. The molecule has 2 aliphatic rings. The second-order valence-corrected chi connectivity index (χ2v) is 7.43. The van der Waals surface area contributed by atoms with Gasteiger partial charge in [-0.15, -0.1) is 12.4 Å². The summed E-state index contributed by atoms with van der Waals surface area (Å²) in [6.45, 7) is 13.7. The molecule has 0 radical (unpaired) electrons. The molecule has 1 N–H and O–H groups in total. The van der Waals surface area contributed by atoms with E-state index in [0.717, 1.165) is 57.2 Å². The summed E-state index contributed by atoms with van der Waals surface area (Å²) in [6.07, 6.45) is 3.32. The van der Waals surface area contributed by atoms with Crippen molar-refractivity contribution in [1.29, 1.82) is 0 Å². The first-order chi connectivity index (χ1) is 12.8. The van der Waals surface area contributed by atoms with Crippen LogP contribution in [0, 0.1) is 0 Å². The van der Waals surface area contributed by atoms with Gasteiger partial charge in [0.15, 0.2) is 0 Å². The maximum Gasteiger partial charge on any atom is 0.127 e. The fraction of sp³-hybridized carbons (Fsp3) is 0.714. The predicted molar refractivity (Wildman–Crippen MR) is 113 cm³/mol. The Morgan fingerprint density at radius 3 is 2.52 bits per heavy atom. The van der Waals surface area contributed by atoms with Gasteiger partial charge in [0.05, 0.1) is 13.2 Å². The van der Waals surface area contributed by atoms with E-state index in [1.54, 1.807) is 0 Å². The van der Waals surface area contributed by atoms with Crippen molar-refractivity contribution in [3.63, 3.8) is 0 Å². The minimum absolute atomic E-state index is 0. The Bertz CT molecular complexity index is 552. The van der Waals surface area contributed by atoms with Gasteiger partial charge in [0.2, 0.25) is 0 Å². The average molecular weight is 398 g/mol. The van der Waals surface area contributed by atoms with Gasteiger partial charge in [-0.25, -0.2) is 0 Å². The molecule has 1 aromatic rings. The molecule has 154 valence electrons. The number of likely N-dealkylation sites (tertiary alicyclic amines) is 1. The number of piperazine rings is 1. The summed E-state index contributed by atoms with van der Waals surface area (Å²) in [5, 5.41) is 3.45. The molecule has 27 heavy (non-hydrogen) atoms. The van der Waals surface area contributed by atoms with Crippen molar-refractivity contribution in [2.24, 2.45) is 0 Å². The zero-order chi connectivity index (χ0) is 18.2. The highest BCUT2D eigenvalue weighted by atomic mass is 35.5. The maximum absolute atomic E-state index is 6.04. The third-order valence-corrected chi connectivity index (χ3v) is 5.28. The molecule has 2 saturated heterocycles. The molecule has 2 heterocycles. The second-order valence-electron chi connectivity index (χ2n) is 7.43. The molecule has 2 aliphatic heterocycles. The summed E-state index contributed by atoms with van der Waals surface area (Å²) in [6, 6.07) is 7.07. The highest BCUT2D eigenvalue weighted by molar-refractivity contribution is 5.85. The summed E-state index contributed by atoms with van der Waals surface area (Å²) in [5.74, 6) is 1.91. The van der Waals surface area contributed by atoms with E-state index in [9.17, 15) is 0 Å². The van der Waals surface area contributed by atoms with Crippen LogP contribution >= 0.6 is 12.4 Å². The van der Waals surface area contributed by atoms with Crippen LogP contribution in [0.3, 0.4) is 0 Å². The third kappa shape index (κ3) is 6.53. The van der Waals surface area contributed by atoms with Gasteiger partial charge in [-0.2, -0.15) is 0 Å². The molecular formula is C21H36ClN3O2. The van der Waals surface area contributed by atoms with Gasteiger partial charge in [-0.1, -0.05) is 19.9 Å². The summed E-state index contributed by atoms with van der Waals surface area (Å²) in [4.78, 5) is 5.24. The van der Waals surface area contributed by atoms with Crippen LogP contribution in [0.5, 0.6) is 11.5 Å². The highest BCUT2D eigenvalue weighted by Crippen LogP contribution is 2.28. The van der Waals surface area contributed by atoms with Crippen molar-refractivity contribution in [1.82, 2.24) is 15.1 Å². The number of benzene rings is 1. The summed E-state index contributed by atoms with van der Waals surface area (Å²) in [7, 11) is 0. The van der Waals surface area contributed by atoms with Gasteiger partial charge in [-0.3, -0.25) is 9.80 Å². The van der Waals surface area contributed by atoms with Crippen molar-refractivity contribution >= 4 is 12.4 Å². The topological polar surface area (TPSA) is 37.0 Å². The second kappa shape index (κ2) is 11.7. The molecule has 0 spiro atoms. The smallest absolute Gasteiger partial charge is 0.127 e. The van der Waals surface area contributed by atoms with Crippen LogP contribution in [0.1, 0.15) is 38.7 Å². The minimum Gasteiger partial charge on any atom is -0.493 e. The molecule has 1 atom stereocenters. The fourth-order valence-corrected chi connectivity index (χ4v) is 3.86. The van der Waals surface area contributed by atoms with Crippen molar-refractivity contribution in [2.45, 2.75) is 45.7 Å². The van der Waals surface area contributed by atoms with Crippen LogP contribution in [-0.4, -0.2) is 68.3 Å². The van der Waals surface area contributed by atoms with Crippen molar-refractivity contribution < 1.29 is 9.47 Å². The van der Waals surface area contributed by atoms with Crippen molar-refractivity contribution in [2.75, 3.05) is 52.5 Å². The van der Waals surface area contributed by atoms with Crippen LogP contribution in [-0.2, 0) is 6.54 Å². The highest BCUT2D eigenvalue weighted by Gasteiger charge is 2.28. The number of nitrogens with zero attached hydrogens (tertiary/aromatic N) is 2. The third-order valence-electron chi connectivity index (χ3n) is 5.28. The molecular weight excluding hydrogens is 362 g/mol. The van der Waals surface area contributed by atoms with E-state index < -0.39 is 0 Å². The Balaban J connectivity index is 0.00000261. The molecule has 1 aromatic carbocycles. The lowest BCUT2D eigenvalue weighted by Crippen LogP contribution is -2.49. The van der Waals surface area contributed by atoms with Gasteiger partial charge in [0.25, 0.3) is 0 Å². The van der Waals surface area contributed by atoms with E-state index in [0.29, 0.717) is 6.04 Å². The molecule has 6 heteroatoms. The van der Waals surface area contributed by atoms with E-state index in [1.165, 1.54) is 38.2 Å². The van der Waals surface area contributed by atoms with Gasteiger partial charge < -0.3 is 14.8 Å². The van der Waals surface area contributed by atoms with Crippen molar-refractivity contribution in [3.8, 4) is 11.5 Å². The van der Waals surface area contributed by atoms with Gasteiger partial charge in [-0.05, 0) is 25.3 Å². The lowest BCUT2D eigenvalue weighted by molar-refractivity contribution is 0.170. The van der Waals surface area contributed by atoms with Crippen LogP contribution in [0.15, 0.2) is 18.2 Å². The number of rotatable bonds is 9. The quantitative estimate of drug-likeness (QED) is 0.692. The van der Waals surface area contributed by atoms with Crippen LogP contribution in [0.4, 0.5) is 0 Å². The molecule has 0 amide bonds. The van der Waals surface area contributed by atoms with Crippen LogP contribution in [0.2, 0.25) is 0 Å². The molecule has 0 saturated carbocycles. The summed E-state index contributed by atoms with van der Waals surface area (Å²) >= 11 is 0. The summed E-state index contributed by atoms with van der Waals surface area (Å²) < 4.78 is 11.8. The first-order valence-corrected chi connectivity index (χ1v) is 10.4. The maximum atomic E-state index is 6.04. The lowest BCUT2D eigenvalue weighted by atomic mass is 10.1. The minimum atomic E-state index is 0. The first kappa shape index (κ1) is 22.3. The number of nitrogens with one attached hydrogen (secondary N) is 1. The van der Waals surface area contributed by atoms with E-state index >= 15 is 0 Å². The zero-order valence-corrected chi connectivity index (χ0v) is 17.7. The van der Waals surface area contributed by atoms with E-state index in [2.05, 4.69) is 47.2 Å². The molecule has 0 aromatic heterocycles. The van der Waals surface area contributed by atoms with E-state index in [4.69, 9.17) is 9.47 Å². The lowest BCUT2D eigenvalue weighted by Gasteiger charge is -2.32. The monoisotopic (exact) mass is 397 g/mol. The number of hydrogen-bond donors (Lipinski definition) is 1. The number of hydrogen-bond acceptors (Lipinski definition) is 5. The predicted octanol–water partition coefficient (Wildman–Crippen LogP) is 3.17. The van der Waals surface area contributed by atoms with E-state index in [1.807, 2.05) is 0 Å². The fourth-order valence-electron chi connectivity index (χ4n) is 3.86. The normalized spacial score (nSPS) is 21.0. The molecule has 0 aliphatic carbocycles. The molecule has 2 fully saturated rings. The van der Waals surface area contributed by atoms with Crippen LogP contribution < -0.4 is 14.8 Å². The van der Waals surface area contributed by atoms with E-state index in [-0.39, 0.29) is 12.4 Å². The SMILES string of the molecule is CCCOc1ccc(CN2CCC(N3CCNCC3)C2)c(OCCC)c1.Cl. The largest absolute Gasteiger partial charge is 0.493 e. The Morgan fingerprint density at radius 2 is 1.78 bits per heavy atom. The van der Waals surface area contributed by atoms with Crippen LogP contribution in [0.25, 0.3) is 0 Å². The average Bonchev–Trinajstić information content (AvgIpc) is 3.15. The van der Waals surface area contributed by atoms with Crippen molar-refractivity contribution in [3.05, 3.63) is 23.8 Å². The Hall–Kier alpha value is -1.01. The Labute approximate surface area is 170 Å². The number of ether oxygens (including phenoxy) is 2. The standard InChI is InChI=1S/C21H35N3O2.ClH/c1-3-13-25-20-6-5-18(21(15-20)26-14-4-2)16-23-10-7-19(17-23)24-11-8-22-9-12-24;/h5-6,15,19,22H,3-4,7-14,16-17H2,1-2H3;1H. The molecule has 3 rings (SSSR count).